The monoisotopic (exact) mass is 313 g/mol. The standard InChI is InChI=1S/C18H23N3S/c1-18(2,3)12-9-15-17(10-13(12)19)22-16-8-11(21(4)5)6-7-14(16)20-15/h6-10,20H,19H2,1-5H3. The van der Waals surface area contributed by atoms with E-state index in [0.29, 0.717) is 0 Å². The molecule has 0 amide bonds. The molecule has 0 fully saturated rings. The molecule has 0 saturated heterocycles. The first kappa shape index (κ1) is 15.1. The van der Waals surface area contributed by atoms with Crippen LogP contribution in [0, 0.1) is 0 Å². The zero-order valence-corrected chi connectivity index (χ0v) is 14.6. The first-order chi connectivity index (χ1) is 10.3. The summed E-state index contributed by atoms with van der Waals surface area (Å²) >= 11 is 1.78. The molecule has 3 rings (SSSR count). The van der Waals surface area contributed by atoms with Gasteiger partial charge in [0.15, 0.2) is 0 Å². The van der Waals surface area contributed by atoms with Crippen molar-refractivity contribution in [2.45, 2.75) is 36.0 Å². The van der Waals surface area contributed by atoms with Crippen LogP contribution in [0.5, 0.6) is 0 Å². The largest absolute Gasteiger partial charge is 0.398 e. The molecule has 0 atom stereocenters. The summed E-state index contributed by atoms with van der Waals surface area (Å²) in [4.78, 5) is 4.54. The first-order valence-electron chi connectivity index (χ1n) is 7.46. The zero-order valence-electron chi connectivity index (χ0n) is 13.8. The summed E-state index contributed by atoms with van der Waals surface area (Å²) in [5.74, 6) is 0. The van der Waals surface area contributed by atoms with Gasteiger partial charge in [0.05, 0.1) is 11.4 Å². The van der Waals surface area contributed by atoms with E-state index in [9.17, 15) is 0 Å². The van der Waals surface area contributed by atoms with Gasteiger partial charge in [-0.15, -0.1) is 0 Å². The molecular weight excluding hydrogens is 290 g/mol. The van der Waals surface area contributed by atoms with Crippen molar-refractivity contribution in [3.63, 3.8) is 0 Å². The highest BCUT2D eigenvalue weighted by atomic mass is 32.2. The Bertz CT molecular complexity index is 730. The number of fused-ring (bicyclic) bond motifs is 2. The second-order valence-corrected chi connectivity index (χ2v) is 8.07. The quantitative estimate of drug-likeness (QED) is 0.631. The Labute approximate surface area is 136 Å². The molecule has 116 valence electrons. The van der Waals surface area contributed by atoms with Gasteiger partial charge >= 0.3 is 0 Å². The SMILES string of the molecule is CN(C)c1ccc2c(c1)Sc1cc(N)c(C(C)(C)C)cc1N2. The minimum atomic E-state index is 0.0422. The number of hydrogen-bond acceptors (Lipinski definition) is 4. The van der Waals surface area contributed by atoms with Gasteiger partial charge in [-0.3, -0.25) is 0 Å². The fraction of sp³-hybridized carbons (Fsp3) is 0.333. The van der Waals surface area contributed by atoms with Gasteiger partial charge in [0.1, 0.15) is 0 Å². The molecule has 1 aliphatic rings. The molecule has 0 radical (unpaired) electrons. The molecule has 2 aromatic carbocycles. The van der Waals surface area contributed by atoms with Crippen molar-refractivity contribution in [2.24, 2.45) is 0 Å². The summed E-state index contributed by atoms with van der Waals surface area (Å²) in [5, 5.41) is 3.55. The van der Waals surface area contributed by atoms with Crippen LogP contribution in [0.15, 0.2) is 40.1 Å². The molecule has 22 heavy (non-hydrogen) atoms. The van der Waals surface area contributed by atoms with Crippen LogP contribution in [0.25, 0.3) is 0 Å². The van der Waals surface area contributed by atoms with E-state index in [2.05, 4.69) is 75.4 Å². The highest BCUT2D eigenvalue weighted by molar-refractivity contribution is 7.99. The highest BCUT2D eigenvalue weighted by Crippen LogP contribution is 2.47. The number of rotatable bonds is 1. The molecule has 0 bridgehead atoms. The van der Waals surface area contributed by atoms with Gasteiger partial charge in [0, 0.05) is 35.3 Å². The van der Waals surface area contributed by atoms with Crippen LogP contribution >= 0.6 is 11.8 Å². The number of benzene rings is 2. The molecule has 1 heterocycles. The highest BCUT2D eigenvalue weighted by Gasteiger charge is 2.23. The number of nitrogens with zero attached hydrogens (tertiary/aromatic N) is 1. The third kappa shape index (κ3) is 2.63. The Morgan fingerprint density at radius 2 is 1.68 bits per heavy atom. The van der Waals surface area contributed by atoms with Crippen LogP contribution in [0.4, 0.5) is 22.7 Å². The minimum absolute atomic E-state index is 0.0422. The number of nitrogen functional groups attached to an aromatic ring is 1. The van der Waals surface area contributed by atoms with E-state index in [1.54, 1.807) is 11.8 Å². The molecule has 3 nitrogen and oxygen atoms in total. The summed E-state index contributed by atoms with van der Waals surface area (Å²) in [7, 11) is 4.12. The lowest BCUT2D eigenvalue weighted by atomic mass is 9.85. The summed E-state index contributed by atoms with van der Waals surface area (Å²) in [6, 6.07) is 10.8. The Kier molecular flexibility index (Phi) is 3.52. The molecular formula is C18H23N3S. The van der Waals surface area contributed by atoms with Crippen molar-refractivity contribution in [1.29, 1.82) is 0 Å². The molecule has 1 aliphatic heterocycles. The predicted octanol–water partition coefficient (Wildman–Crippen LogP) is 4.84. The smallest absolute Gasteiger partial charge is 0.0530 e. The van der Waals surface area contributed by atoms with Crippen molar-refractivity contribution in [3.05, 3.63) is 35.9 Å². The Morgan fingerprint density at radius 3 is 2.32 bits per heavy atom. The maximum atomic E-state index is 6.28. The van der Waals surface area contributed by atoms with Crippen LogP contribution in [0.2, 0.25) is 0 Å². The van der Waals surface area contributed by atoms with Crippen LogP contribution in [-0.4, -0.2) is 14.1 Å². The van der Waals surface area contributed by atoms with Crippen LogP contribution in [0.3, 0.4) is 0 Å². The average molecular weight is 313 g/mol. The number of nitrogens with two attached hydrogens (primary N) is 1. The second-order valence-electron chi connectivity index (χ2n) is 6.99. The van der Waals surface area contributed by atoms with Crippen molar-refractivity contribution in [2.75, 3.05) is 30.0 Å². The fourth-order valence-corrected chi connectivity index (χ4v) is 3.72. The van der Waals surface area contributed by atoms with Crippen molar-refractivity contribution in [1.82, 2.24) is 0 Å². The Balaban J connectivity index is 2.03. The van der Waals surface area contributed by atoms with Crippen molar-refractivity contribution in [3.8, 4) is 0 Å². The van der Waals surface area contributed by atoms with Gasteiger partial charge in [-0.25, -0.2) is 0 Å². The maximum Gasteiger partial charge on any atom is 0.0530 e. The lowest BCUT2D eigenvalue weighted by molar-refractivity contribution is 0.592. The van der Waals surface area contributed by atoms with Crippen LogP contribution < -0.4 is 16.0 Å². The fourth-order valence-electron chi connectivity index (χ4n) is 2.67. The first-order valence-corrected chi connectivity index (χ1v) is 8.27. The lowest BCUT2D eigenvalue weighted by Crippen LogP contribution is -2.15. The summed E-state index contributed by atoms with van der Waals surface area (Å²) in [6.45, 7) is 6.58. The zero-order chi connectivity index (χ0) is 16.1. The van der Waals surface area contributed by atoms with Gasteiger partial charge in [0.25, 0.3) is 0 Å². The molecule has 0 aliphatic carbocycles. The Hall–Kier alpha value is -1.81. The number of anilines is 4. The second kappa shape index (κ2) is 5.13. The van der Waals surface area contributed by atoms with Gasteiger partial charge < -0.3 is 16.0 Å². The third-order valence-electron chi connectivity index (χ3n) is 3.93. The molecule has 4 heteroatoms. The van der Waals surface area contributed by atoms with Crippen molar-refractivity contribution < 1.29 is 0 Å². The van der Waals surface area contributed by atoms with Crippen LogP contribution in [0.1, 0.15) is 26.3 Å². The normalized spacial score (nSPS) is 13.1. The molecule has 0 spiro atoms. The topological polar surface area (TPSA) is 41.3 Å². The van der Waals surface area contributed by atoms with E-state index >= 15 is 0 Å². The molecule has 0 unspecified atom stereocenters. The Morgan fingerprint density at radius 1 is 1.00 bits per heavy atom. The van der Waals surface area contributed by atoms with E-state index < -0.39 is 0 Å². The van der Waals surface area contributed by atoms with E-state index in [-0.39, 0.29) is 5.41 Å². The summed E-state index contributed by atoms with van der Waals surface area (Å²) in [5.41, 5.74) is 11.9. The van der Waals surface area contributed by atoms with E-state index in [0.717, 1.165) is 17.1 Å². The summed E-state index contributed by atoms with van der Waals surface area (Å²) < 4.78 is 0. The number of hydrogen-bond donors (Lipinski definition) is 2. The van der Waals surface area contributed by atoms with Gasteiger partial charge in [0.2, 0.25) is 0 Å². The lowest BCUT2D eigenvalue weighted by Gasteiger charge is -2.27. The predicted molar refractivity (Wildman–Crippen MR) is 97.7 cm³/mol. The maximum absolute atomic E-state index is 6.28. The van der Waals surface area contributed by atoms with Crippen molar-refractivity contribution >= 4 is 34.5 Å². The summed E-state index contributed by atoms with van der Waals surface area (Å²) in [6.07, 6.45) is 0. The molecule has 2 aromatic rings. The average Bonchev–Trinajstić information content (AvgIpc) is 2.42. The van der Waals surface area contributed by atoms with E-state index in [1.165, 1.54) is 21.0 Å². The van der Waals surface area contributed by atoms with Gasteiger partial charge in [-0.2, -0.15) is 0 Å². The minimum Gasteiger partial charge on any atom is -0.398 e. The third-order valence-corrected chi connectivity index (χ3v) is 5.05. The van der Waals surface area contributed by atoms with Gasteiger partial charge in [-0.1, -0.05) is 32.5 Å². The molecule has 0 saturated carbocycles. The molecule has 0 aromatic heterocycles. The molecule has 3 N–H and O–H groups in total. The van der Waals surface area contributed by atoms with Crippen LogP contribution in [-0.2, 0) is 5.41 Å². The van der Waals surface area contributed by atoms with E-state index in [4.69, 9.17) is 5.73 Å². The van der Waals surface area contributed by atoms with Gasteiger partial charge in [-0.05, 0) is 41.3 Å². The number of nitrogens with one attached hydrogen (secondary N) is 1. The van der Waals surface area contributed by atoms with E-state index in [1.807, 2.05) is 0 Å².